The molecule has 1 aromatic carbocycles. The van der Waals surface area contributed by atoms with Crippen LogP contribution < -0.4 is 15.5 Å². The van der Waals surface area contributed by atoms with Gasteiger partial charge < -0.3 is 25.0 Å². The summed E-state index contributed by atoms with van der Waals surface area (Å²) < 4.78 is 10.7. The molecule has 2 fully saturated rings. The first-order chi connectivity index (χ1) is 14.3. The highest BCUT2D eigenvalue weighted by Crippen LogP contribution is 2.18. The second-order valence-corrected chi connectivity index (χ2v) is 8.27. The lowest BCUT2D eigenvalue weighted by atomic mass is 10.0. The van der Waals surface area contributed by atoms with Crippen LogP contribution in [0.5, 0.6) is 0 Å². The first-order valence-corrected chi connectivity index (χ1v) is 10.5. The van der Waals surface area contributed by atoms with Crippen molar-refractivity contribution in [3.05, 3.63) is 29.8 Å². The lowest BCUT2D eigenvalue weighted by Gasteiger charge is -2.29. The Balaban J connectivity index is 1.69. The van der Waals surface area contributed by atoms with E-state index < -0.39 is 12.1 Å². The molecular weight excluding hydrogens is 386 g/mol. The number of hydrogen-bond donors (Lipinski definition) is 2. The predicted molar refractivity (Wildman–Crippen MR) is 113 cm³/mol. The van der Waals surface area contributed by atoms with Crippen LogP contribution in [0.3, 0.4) is 0 Å². The normalized spacial score (nSPS) is 22.8. The maximum atomic E-state index is 12.9. The Hall–Kier alpha value is -2.45. The van der Waals surface area contributed by atoms with E-state index in [0.717, 1.165) is 18.8 Å². The van der Waals surface area contributed by atoms with Gasteiger partial charge in [-0.05, 0) is 37.5 Å². The Morgan fingerprint density at radius 2 is 1.97 bits per heavy atom. The van der Waals surface area contributed by atoms with Gasteiger partial charge in [0.1, 0.15) is 18.7 Å². The fourth-order valence-electron chi connectivity index (χ4n) is 3.72. The standard InChI is InChI=1S/C22H31N3O5/c1-14(2)11-18(22(28)24-20-15(3)30-13-19(20)26)23-21(27)16-5-4-6-17(12-16)25-7-9-29-10-8-25/h4-6,12,14-15,18,20H,7-11,13H2,1-3H3,(H,23,27)(H,24,28). The number of ketones is 1. The minimum atomic E-state index is -0.731. The average molecular weight is 418 g/mol. The van der Waals surface area contributed by atoms with E-state index in [-0.39, 0.29) is 36.2 Å². The minimum absolute atomic E-state index is 0.00164. The van der Waals surface area contributed by atoms with Crippen LogP contribution in [0.4, 0.5) is 5.69 Å². The maximum absolute atomic E-state index is 12.9. The van der Waals surface area contributed by atoms with Gasteiger partial charge in [0.25, 0.3) is 5.91 Å². The molecule has 0 bridgehead atoms. The zero-order valence-corrected chi connectivity index (χ0v) is 17.8. The Bertz CT molecular complexity index is 776. The van der Waals surface area contributed by atoms with Crippen LogP contribution in [-0.4, -0.2) is 68.7 Å². The molecule has 2 aliphatic rings. The largest absolute Gasteiger partial charge is 0.378 e. The summed E-state index contributed by atoms with van der Waals surface area (Å²) in [5.74, 6) is -0.637. The van der Waals surface area contributed by atoms with E-state index in [4.69, 9.17) is 9.47 Å². The highest BCUT2D eigenvalue weighted by molar-refractivity contribution is 5.99. The van der Waals surface area contributed by atoms with E-state index in [1.54, 1.807) is 13.0 Å². The van der Waals surface area contributed by atoms with Gasteiger partial charge in [-0.15, -0.1) is 0 Å². The van der Waals surface area contributed by atoms with Crippen LogP contribution in [0.25, 0.3) is 0 Å². The van der Waals surface area contributed by atoms with E-state index in [9.17, 15) is 14.4 Å². The molecule has 2 aliphatic heterocycles. The summed E-state index contributed by atoms with van der Waals surface area (Å²) in [7, 11) is 0. The maximum Gasteiger partial charge on any atom is 0.252 e. The number of carbonyl (C=O) groups excluding carboxylic acids is 3. The molecule has 3 atom stereocenters. The van der Waals surface area contributed by atoms with Crippen molar-refractivity contribution in [3.63, 3.8) is 0 Å². The van der Waals surface area contributed by atoms with Gasteiger partial charge in [0.15, 0.2) is 5.78 Å². The van der Waals surface area contributed by atoms with Crippen LogP contribution >= 0.6 is 0 Å². The first kappa shape index (κ1) is 22.2. The summed E-state index contributed by atoms with van der Waals surface area (Å²) in [6.07, 6.45) is 0.0960. The fourth-order valence-corrected chi connectivity index (χ4v) is 3.72. The summed E-state index contributed by atoms with van der Waals surface area (Å²) >= 11 is 0. The van der Waals surface area contributed by atoms with Crippen LogP contribution in [0.2, 0.25) is 0 Å². The van der Waals surface area contributed by atoms with Crippen molar-refractivity contribution in [3.8, 4) is 0 Å². The van der Waals surface area contributed by atoms with E-state index in [2.05, 4.69) is 15.5 Å². The molecule has 3 unspecified atom stereocenters. The van der Waals surface area contributed by atoms with Gasteiger partial charge in [0, 0.05) is 24.3 Å². The molecule has 0 radical (unpaired) electrons. The van der Waals surface area contributed by atoms with Gasteiger partial charge in [0.05, 0.1) is 19.3 Å². The van der Waals surface area contributed by atoms with Crippen molar-refractivity contribution in [2.45, 2.75) is 45.4 Å². The monoisotopic (exact) mass is 417 g/mol. The number of carbonyl (C=O) groups is 3. The number of nitrogens with one attached hydrogen (secondary N) is 2. The minimum Gasteiger partial charge on any atom is -0.378 e. The molecule has 2 N–H and O–H groups in total. The highest BCUT2D eigenvalue weighted by atomic mass is 16.5. The van der Waals surface area contributed by atoms with Gasteiger partial charge in [-0.3, -0.25) is 14.4 Å². The summed E-state index contributed by atoms with van der Waals surface area (Å²) in [4.78, 5) is 39.9. The SMILES string of the molecule is CC(C)CC(NC(=O)c1cccc(N2CCOCC2)c1)C(=O)NC1C(=O)COC1C. The molecule has 30 heavy (non-hydrogen) atoms. The number of amides is 2. The molecular formula is C22H31N3O5. The van der Waals surface area contributed by atoms with Gasteiger partial charge in [-0.25, -0.2) is 0 Å². The first-order valence-electron chi connectivity index (χ1n) is 10.5. The number of morpholine rings is 1. The summed E-state index contributed by atoms with van der Waals surface area (Å²) in [5, 5.41) is 5.61. The summed E-state index contributed by atoms with van der Waals surface area (Å²) in [6.45, 7) is 8.60. The van der Waals surface area contributed by atoms with Crippen molar-refractivity contribution in [1.29, 1.82) is 0 Å². The van der Waals surface area contributed by atoms with Crippen LogP contribution in [0.1, 0.15) is 37.6 Å². The van der Waals surface area contributed by atoms with E-state index in [0.29, 0.717) is 25.2 Å². The number of hydrogen-bond acceptors (Lipinski definition) is 6. The molecule has 2 amide bonds. The molecule has 8 heteroatoms. The van der Waals surface area contributed by atoms with Crippen molar-refractivity contribution in [2.24, 2.45) is 5.92 Å². The highest BCUT2D eigenvalue weighted by Gasteiger charge is 2.35. The van der Waals surface area contributed by atoms with Crippen LogP contribution in [0, 0.1) is 5.92 Å². The molecule has 0 saturated carbocycles. The molecule has 2 heterocycles. The predicted octanol–water partition coefficient (Wildman–Crippen LogP) is 1.14. The van der Waals surface area contributed by atoms with E-state index in [1.165, 1.54) is 0 Å². The van der Waals surface area contributed by atoms with Crippen LogP contribution in [0.15, 0.2) is 24.3 Å². The number of nitrogens with zero attached hydrogens (tertiary/aromatic N) is 1. The number of benzene rings is 1. The number of anilines is 1. The topological polar surface area (TPSA) is 97.0 Å². The molecule has 8 nitrogen and oxygen atoms in total. The smallest absolute Gasteiger partial charge is 0.252 e. The lowest BCUT2D eigenvalue weighted by molar-refractivity contribution is -0.127. The van der Waals surface area contributed by atoms with E-state index in [1.807, 2.05) is 32.0 Å². The average Bonchev–Trinajstić information content (AvgIpc) is 3.05. The lowest BCUT2D eigenvalue weighted by Crippen LogP contribution is -2.53. The second kappa shape index (κ2) is 10.0. The molecule has 164 valence electrons. The number of ether oxygens (including phenoxy) is 2. The molecule has 1 aromatic rings. The summed E-state index contributed by atoms with van der Waals surface area (Å²) in [5.41, 5.74) is 1.45. The number of Topliss-reactive ketones (excluding diaryl/α,β-unsaturated/α-hetero) is 1. The third kappa shape index (κ3) is 5.58. The van der Waals surface area contributed by atoms with Crippen molar-refractivity contribution in [2.75, 3.05) is 37.8 Å². The van der Waals surface area contributed by atoms with E-state index >= 15 is 0 Å². The van der Waals surface area contributed by atoms with Gasteiger partial charge in [-0.2, -0.15) is 0 Å². The zero-order valence-electron chi connectivity index (χ0n) is 17.8. The second-order valence-electron chi connectivity index (χ2n) is 8.27. The zero-order chi connectivity index (χ0) is 21.7. The van der Waals surface area contributed by atoms with Crippen LogP contribution in [-0.2, 0) is 19.1 Å². The molecule has 0 spiro atoms. The quantitative estimate of drug-likeness (QED) is 0.691. The van der Waals surface area contributed by atoms with Gasteiger partial charge in [-0.1, -0.05) is 19.9 Å². The van der Waals surface area contributed by atoms with Gasteiger partial charge in [0.2, 0.25) is 5.91 Å². The Kier molecular flexibility index (Phi) is 7.44. The summed E-state index contributed by atoms with van der Waals surface area (Å²) in [6, 6.07) is 5.97. The van der Waals surface area contributed by atoms with Crippen molar-refractivity contribution >= 4 is 23.3 Å². The Morgan fingerprint density at radius 1 is 1.23 bits per heavy atom. The fraction of sp³-hybridized carbons (Fsp3) is 0.591. The third-order valence-corrected chi connectivity index (χ3v) is 5.42. The Morgan fingerprint density at radius 3 is 2.60 bits per heavy atom. The molecule has 0 aromatic heterocycles. The molecule has 0 aliphatic carbocycles. The molecule has 2 saturated heterocycles. The van der Waals surface area contributed by atoms with Gasteiger partial charge >= 0.3 is 0 Å². The van der Waals surface area contributed by atoms with Crippen molar-refractivity contribution < 1.29 is 23.9 Å². The Labute approximate surface area is 177 Å². The molecule has 3 rings (SSSR count). The van der Waals surface area contributed by atoms with Crippen molar-refractivity contribution in [1.82, 2.24) is 10.6 Å². The number of rotatable bonds is 7. The third-order valence-electron chi connectivity index (χ3n) is 5.42.